The first-order valence-electron chi connectivity index (χ1n) is 4.24. The molecule has 1 aromatic carbocycles. The quantitative estimate of drug-likeness (QED) is 0.762. The molecule has 1 aromatic rings. The van der Waals surface area contributed by atoms with Gasteiger partial charge in [-0.2, -0.15) is 5.26 Å². The summed E-state index contributed by atoms with van der Waals surface area (Å²) in [6, 6.07) is 11.6. The number of nitrogens with zero attached hydrogens (tertiary/aromatic N) is 2. The molecular formula is C10H11N3S. The topological polar surface area (TPSA) is 53.0 Å². The minimum atomic E-state index is 0.298. The third-order valence-electron chi connectivity index (χ3n) is 1.78. The predicted octanol–water partition coefficient (Wildman–Crippen LogP) is 1.65. The van der Waals surface area contributed by atoms with Gasteiger partial charge in [0.1, 0.15) is 0 Å². The van der Waals surface area contributed by atoms with E-state index in [1.165, 1.54) is 0 Å². The van der Waals surface area contributed by atoms with Crippen molar-refractivity contribution in [1.82, 2.24) is 0 Å². The van der Waals surface area contributed by atoms with Crippen molar-refractivity contribution in [1.29, 1.82) is 5.26 Å². The Balaban J connectivity index is 2.79. The van der Waals surface area contributed by atoms with Gasteiger partial charge in [0.05, 0.1) is 12.5 Å². The van der Waals surface area contributed by atoms with E-state index in [0.717, 1.165) is 5.69 Å². The SMILES string of the molecule is N#CCCN(C(N)=S)c1ccccc1. The zero-order valence-electron chi connectivity index (χ0n) is 7.68. The minimum absolute atomic E-state index is 0.298. The van der Waals surface area contributed by atoms with Gasteiger partial charge in [-0.1, -0.05) is 18.2 Å². The molecule has 4 heteroatoms. The Hall–Kier alpha value is -1.60. The van der Waals surface area contributed by atoms with Gasteiger partial charge in [-0.25, -0.2) is 0 Å². The molecule has 1 rings (SSSR count). The Morgan fingerprint density at radius 3 is 2.57 bits per heavy atom. The minimum Gasteiger partial charge on any atom is -0.376 e. The van der Waals surface area contributed by atoms with Gasteiger partial charge >= 0.3 is 0 Å². The van der Waals surface area contributed by atoms with Crippen molar-refractivity contribution in [3.8, 4) is 6.07 Å². The summed E-state index contributed by atoms with van der Waals surface area (Å²) in [5.41, 5.74) is 6.48. The maximum atomic E-state index is 8.48. The maximum absolute atomic E-state index is 8.48. The van der Waals surface area contributed by atoms with Crippen LogP contribution in [0.3, 0.4) is 0 Å². The third kappa shape index (κ3) is 2.71. The average molecular weight is 205 g/mol. The molecular weight excluding hydrogens is 194 g/mol. The van der Waals surface area contributed by atoms with E-state index in [4.69, 9.17) is 23.2 Å². The van der Waals surface area contributed by atoms with Crippen LogP contribution in [-0.4, -0.2) is 11.7 Å². The van der Waals surface area contributed by atoms with Crippen molar-refractivity contribution in [2.24, 2.45) is 5.73 Å². The number of nitriles is 1. The average Bonchev–Trinajstić information content (AvgIpc) is 2.19. The second-order valence-electron chi connectivity index (χ2n) is 2.73. The molecule has 0 unspecified atom stereocenters. The highest BCUT2D eigenvalue weighted by atomic mass is 32.1. The summed E-state index contributed by atoms with van der Waals surface area (Å²) < 4.78 is 0. The van der Waals surface area contributed by atoms with Gasteiger partial charge in [-0.15, -0.1) is 0 Å². The van der Waals surface area contributed by atoms with E-state index in [-0.39, 0.29) is 0 Å². The van der Waals surface area contributed by atoms with Crippen LogP contribution < -0.4 is 10.6 Å². The molecule has 3 nitrogen and oxygen atoms in total. The summed E-state index contributed by atoms with van der Waals surface area (Å²) >= 11 is 4.91. The molecule has 72 valence electrons. The second kappa shape index (κ2) is 5.20. The number of benzene rings is 1. The van der Waals surface area contributed by atoms with E-state index in [2.05, 4.69) is 6.07 Å². The maximum Gasteiger partial charge on any atom is 0.170 e. The number of hydrogen-bond donors (Lipinski definition) is 1. The molecule has 0 aliphatic rings. The molecule has 0 radical (unpaired) electrons. The number of para-hydroxylation sites is 1. The molecule has 14 heavy (non-hydrogen) atoms. The number of nitrogens with two attached hydrogens (primary N) is 1. The fourth-order valence-electron chi connectivity index (χ4n) is 1.14. The van der Waals surface area contributed by atoms with E-state index in [1.807, 2.05) is 30.3 Å². The lowest BCUT2D eigenvalue weighted by atomic mass is 10.3. The van der Waals surface area contributed by atoms with Crippen LogP contribution >= 0.6 is 12.2 Å². The summed E-state index contributed by atoms with van der Waals surface area (Å²) in [6.07, 6.45) is 0.409. The number of hydrogen-bond acceptors (Lipinski definition) is 2. The van der Waals surface area contributed by atoms with Crippen LogP contribution in [0, 0.1) is 11.3 Å². The van der Waals surface area contributed by atoms with Gasteiger partial charge in [0.2, 0.25) is 0 Å². The predicted molar refractivity (Wildman–Crippen MR) is 60.8 cm³/mol. The molecule has 0 saturated heterocycles. The molecule has 2 N–H and O–H groups in total. The third-order valence-corrected chi connectivity index (χ3v) is 2.00. The van der Waals surface area contributed by atoms with Crippen molar-refractivity contribution in [2.45, 2.75) is 6.42 Å². The first-order chi connectivity index (χ1) is 6.75. The lowest BCUT2D eigenvalue weighted by Gasteiger charge is -2.21. The summed E-state index contributed by atoms with van der Waals surface area (Å²) in [4.78, 5) is 1.75. The zero-order chi connectivity index (χ0) is 10.4. The highest BCUT2D eigenvalue weighted by Crippen LogP contribution is 2.12. The van der Waals surface area contributed by atoms with Gasteiger partial charge in [-0.05, 0) is 24.4 Å². The molecule has 0 atom stereocenters. The lowest BCUT2D eigenvalue weighted by Crippen LogP contribution is -2.36. The van der Waals surface area contributed by atoms with Crippen molar-refractivity contribution < 1.29 is 0 Å². The zero-order valence-corrected chi connectivity index (χ0v) is 8.50. The van der Waals surface area contributed by atoms with Crippen LogP contribution in [0.1, 0.15) is 6.42 Å². The van der Waals surface area contributed by atoms with Crippen molar-refractivity contribution in [3.05, 3.63) is 30.3 Å². The molecule has 0 spiro atoms. The smallest absolute Gasteiger partial charge is 0.170 e. The summed E-state index contributed by atoms with van der Waals surface area (Å²) in [7, 11) is 0. The number of thiocarbonyl (C=S) groups is 1. The van der Waals surface area contributed by atoms with E-state index < -0.39 is 0 Å². The Morgan fingerprint density at radius 1 is 1.43 bits per heavy atom. The molecule has 0 aliphatic heterocycles. The summed E-state index contributed by atoms with van der Waals surface area (Å²) in [5, 5.41) is 8.78. The van der Waals surface area contributed by atoms with E-state index in [0.29, 0.717) is 18.1 Å². The van der Waals surface area contributed by atoms with E-state index >= 15 is 0 Å². The standard InChI is InChI=1S/C10H11N3S/c11-7-4-8-13(10(12)14)9-5-2-1-3-6-9/h1-3,5-6H,4,8H2,(H2,12,14). The second-order valence-corrected chi connectivity index (χ2v) is 3.15. The Labute approximate surface area is 88.7 Å². The monoisotopic (exact) mass is 205 g/mol. The van der Waals surface area contributed by atoms with Crippen molar-refractivity contribution in [2.75, 3.05) is 11.4 Å². The highest BCUT2D eigenvalue weighted by Gasteiger charge is 2.07. The van der Waals surface area contributed by atoms with Crippen LogP contribution in [-0.2, 0) is 0 Å². The summed E-state index contributed by atoms with van der Waals surface area (Å²) in [6.45, 7) is 0.538. The van der Waals surface area contributed by atoms with E-state index in [1.54, 1.807) is 4.90 Å². The fourth-order valence-corrected chi connectivity index (χ4v) is 1.33. The lowest BCUT2D eigenvalue weighted by molar-refractivity contribution is 0.974. The molecule has 0 heterocycles. The van der Waals surface area contributed by atoms with Gasteiger partial charge in [0.25, 0.3) is 0 Å². The Morgan fingerprint density at radius 2 is 2.07 bits per heavy atom. The molecule has 0 saturated carbocycles. The van der Waals surface area contributed by atoms with Crippen molar-refractivity contribution >= 4 is 23.0 Å². The van der Waals surface area contributed by atoms with Gasteiger partial charge in [0.15, 0.2) is 5.11 Å². The number of anilines is 1. The molecule has 0 aliphatic carbocycles. The first-order valence-corrected chi connectivity index (χ1v) is 4.65. The normalized spacial score (nSPS) is 9.07. The Kier molecular flexibility index (Phi) is 3.89. The Bertz CT molecular complexity index is 342. The van der Waals surface area contributed by atoms with Crippen LogP contribution in [0.5, 0.6) is 0 Å². The molecule has 0 bridgehead atoms. The van der Waals surface area contributed by atoms with Crippen LogP contribution in [0.15, 0.2) is 30.3 Å². The van der Waals surface area contributed by atoms with Crippen LogP contribution in [0.25, 0.3) is 0 Å². The first kappa shape index (κ1) is 10.5. The molecule has 0 amide bonds. The van der Waals surface area contributed by atoms with Gasteiger partial charge in [-0.3, -0.25) is 0 Å². The van der Waals surface area contributed by atoms with E-state index in [9.17, 15) is 0 Å². The van der Waals surface area contributed by atoms with Crippen LogP contribution in [0.2, 0.25) is 0 Å². The highest BCUT2D eigenvalue weighted by molar-refractivity contribution is 7.80. The van der Waals surface area contributed by atoms with Gasteiger partial charge < -0.3 is 10.6 Å². The number of rotatable bonds is 3. The molecule has 0 aromatic heterocycles. The fraction of sp³-hybridized carbons (Fsp3) is 0.200. The van der Waals surface area contributed by atoms with Gasteiger partial charge in [0, 0.05) is 12.2 Å². The van der Waals surface area contributed by atoms with Crippen LogP contribution in [0.4, 0.5) is 5.69 Å². The largest absolute Gasteiger partial charge is 0.376 e. The van der Waals surface area contributed by atoms with Crippen molar-refractivity contribution in [3.63, 3.8) is 0 Å². The summed E-state index contributed by atoms with van der Waals surface area (Å²) in [5.74, 6) is 0. The molecule has 0 fully saturated rings.